The van der Waals surface area contributed by atoms with Crippen LogP contribution in [0.1, 0.15) is 211 Å². The topological polar surface area (TPSA) is 203 Å². The lowest BCUT2D eigenvalue weighted by Crippen LogP contribution is -2.55. The molecule has 0 aliphatic heterocycles. The number of Topliss-reactive ketones (excluding diaryl/α,β-unsaturated/α-hetero) is 2. The van der Waals surface area contributed by atoms with E-state index in [-0.39, 0.29) is 81.0 Å². The first-order chi connectivity index (χ1) is 31.1. The molecule has 382 valence electrons. The lowest BCUT2D eigenvalue weighted by Gasteiger charge is -2.61. The van der Waals surface area contributed by atoms with E-state index in [1.807, 2.05) is 19.9 Å². The lowest BCUT2D eigenvalue weighted by molar-refractivity contribution is -0.151. The van der Waals surface area contributed by atoms with E-state index in [0.717, 1.165) is 94.8 Å². The molecule has 0 bridgehead atoms. The van der Waals surface area contributed by atoms with Crippen LogP contribution in [0, 0.1) is 92.2 Å². The Morgan fingerprint density at radius 2 is 1.16 bits per heavy atom. The van der Waals surface area contributed by atoms with Gasteiger partial charge in [-0.2, -0.15) is 15.2 Å². The highest BCUT2D eigenvalue weighted by molar-refractivity contribution is 5.90. The molecule has 0 radical (unpaired) electrons. The van der Waals surface area contributed by atoms with Gasteiger partial charge < -0.3 is 15.9 Å². The van der Waals surface area contributed by atoms with Crippen LogP contribution in [0.4, 0.5) is 0 Å². The summed E-state index contributed by atoms with van der Waals surface area (Å²) in [6, 6.07) is 1.98. The summed E-state index contributed by atoms with van der Waals surface area (Å²) in [5, 5.41) is 46.2. The van der Waals surface area contributed by atoms with E-state index < -0.39 is 17.1 Å². The predicted molar refractivity (Wildman–Crippen MR) is 267 cm³/mol. The van der Waals surface area contributed by atoms with Gasteiger partial charge in [-0.25, -0.2) is 4.68 Å². The van der Waals surface area contributed by atoms with Gasteiger partial charge in [0, 0.05) is 13.2 Å². The molecule has 0 unspecified atom stereocenters. The van der Waals surface area contributed by atoms with Gasteiger partial charge in [0.05, 0.1) is 23.6 Å². The van der Waals surface area contributed by atoms with Crippen LogP contribution in [0.3, 0.4) is 0 Å². The molecule has 8 aliphatic carbocycles. The maximum atomic E-state index is 13.3. The molecule has 8 fully saturated rings. The quantitative estimate of drug-likeness (QED) is 0.240. The molecule has 0 saturated heterocycles. The van der Waals surface area contributed by atoms with E-state index in [1.165, 1.54) is 54.2 Å². The molecule has 0 spiro atoms. The average Bonchev–Trinajstić information content (AvgIpc) is 4.07. The highest BCUT2D eigenvalue weighted by atomic mass is 16.3. The second-order valence-corrected chi connectivity index (χ2v) is 24.0. The van der Waals surface area contributed by atoms with Gasteiger partial charge in [-0.15, -0.1) is 10.2 Å². The Balaban J connectivity index is 0.000000234. The number of rotatable bonds is 7. The molecule has 13 heteroatoms. The summed E-state index contributed by atoms with van der Waals surface area (Å²) < 4.78 is 7.74. The van der Waals surface area contributed by atoms with Crippen LogP contribution in [0.15, 0.2) is 12.4 Å². The SMILES string of the molecule is C.C.C.C[C@@]1(O)CC[C@@]2(C)[C@H](CC[C@@H]3[C@@H]2CC[C@]2(C)[C@@H](C(=O)Cn4cc(C#N)nn4)CC[C@@H]32)C1.C[C@@]1(O)CC[C@@]2(C)[C@H](CC[C@@H]3[C@@H]2CC[C@]2(C)[C@@H](C(=O)Cn4ncc(C(N)=O)n4)CC[C@@H]32)C1.[2H]CC. The number of nitrogens with two attached hydrogens (primary N) is 1. The van der Waals surface area contributed by atoms with Gasteiger partial charge in [0.15, 0.2) is 23.0 Å². The molecule has 10 rings (SSSR count). The Morgan fingerprint density at radius 3 is 1.59 bits per heavy atom. The third-order valence-electron chi connectivity index (χ3n) is 20.7. The summed E-state index contributed by atoms with van der Waals surface area (Å²) in [6.07, 6.45) is 22.7. The van der Waals surface area contributed by atoms with Crippen LogP contribution in [0.5, 0.6) is 0 Å². The first-order valence-corrected chi connectivity index (χ1v) is 25.4. The van der Waals surface area contributed by atoms with E-state index in [4.69, 9.17) is 12.4 Å². The highest BCUT2D eigenvalue weighted by Crippen LogP contribution is 2.70. The number of nitriles is 1. The Labute approximate surface area is 411 Å². The number of hydrogen-bond donors (Lipinski definition) is 3. The third kappa shape index (κ3) is 9.65. The highest BCUT2D eigenvalue weighted by Gasteiger charge is 2.63. The number of carbonyl (C=O) groups excluding carboxylic acids is 3. The molecule has 16 atom stereocenters. The number of primary amides is 1. The first kappa shape index (κ1) is 53.8. The molecule has 2 aromatic rings. The fraction of sp³-hybridized carbons (Fsp3) is 0.855. The van der Waals surface area contributed by atoms with Crippen LogP contribution >= 0.6 is 0 Å². The van der Waals surface area contributed by atoms with Crippen molar-refractivity contribution in [3.05, 3.63) is 23.8 Å². The fourth-order valence-electron chi connectivity index (χ4n) is 17.4. The summed E-state index contributed by atoms with van der Waals surface area (Å²) in [5.74, 6) is 5.31. The minimum atomic E-state index is -0.622. The van der Waals surface area contributed by atoms with Crippen molar-refractivity contribution < 1.29 is 26.0 Å². The summed E-state index contributed by atoms with van der Waals surface area (Å²) in [4.78, 5) is 39.3. The Morgan fingerprint density at radius 1 is 0.706 bits per heavy atom. The van der Waals surface area contributed by atoms with Crippen LogP contribution < -0.4 is 5.73 Å². The molecule has 0 aromatic carbocycles. The minimum absolute atomic E-state index is 0. The zero-order chi connectivity index (χ0) is 47.6. The Kier molecular flexibility index (Phi) is 16.1. The molecule has 68 heavy (non-hydrogen) atoms. The van der Waals surface area contributed by atoms with Crippen molar-refractivity contribution in [1.82, 2.24) is 30.0 Å². The minimum Gasteiger partial charge on any atom is -0.390 e. The fourth-order valence-corrected chi connectivity index (χ4v) is 17.4. The number of amides is 1. The summed E-state index contributed by atoms with van der Waals surface area (Å²) in [7, 11) is 0. The van der Waals surface area contributed by atoms with Crippen molar-refractivity contribution in [2.45, 2.75) is 218 Å². The predicted octanol–water partition coefficient (Wildman–Crippen LogP) is 10.4. The Hall–Kier alpha value is -3.50. The molecule has 4 N–H and O–H groups in total. The lowest BCUT2D eigenvalue weighted by atomic mass is 9.44. The Bertz CT molecular complexity index is 2170. The standard InChI is InChI=1S/C25H38N4O3.C25H36N4O2.C2H6.3CH4/c1-23(32)10-11-24(2)15(12-23)4-5-16-17-6-7-19(25(17,3)9-8-18(16)24)21(30)14-29-27-13-20(28-29)22(26)31;1-23(31)10-11-24(2)16(12-23)4-5-18-19-6-7-21(25(19,3)9-8-20(18)24)22(30)15-29-14-17(13-26)27-28-29;1-2;;;/h13,15-19,32H,4-12,14H2,1-3H3,(H2,26,31);14,16,18-21,31H,4-12,15H2,1-3H3;1-2H3;3*1H4/t15-,16+,17+,18+,19-,23-,24+,25+;16-,18+,19+,20+,21-,23-,24+,25+;;;;/m11..../s1/i;;1D;;;. The van der Waals surface area contributed by atoms with Gasteiger partial charge in [-0.3, -0.25) is 14.4 Å². The second-order valence-electron chi connectivity index (χ2n) is 24.0. The van der Waals surface area contributed by atoms with Crippen molar-refractivity contribution in [1.29, 1.82) is 5.26 Å². The normalized spacial score (nSPS) is 42.9. The van der Waals surface area contributed by atoms with E-state index in [2.05, 4.69) is 48.2 Å². The zero-order valence-corrected chi connectivity index (χ0v) is 40.6. The van der Waals surface area contributed by atoms with Crippen LogP contribution in [-0.4, -0.2) is 68.9 Å². The summed E-state index contributed by atoms with van der Waals surface area (Å²) in [5.41, 5.74) is 5.46. The largest absolute Gasteiger partial charge is 0.390 e. The molecule has 13 nitrogen and oxygen atoms in total. The molecular formula is C55H92N8O5. The van der Waals surface area contributed by atoms with E-state index in [9.17, 15) is 24.6 Å². The molecule has 2 heterocycles. The van der Waals surface area contributed by atoms with Crippen LogP contribution in [-0.2, 0) is 22.7 Å². The van der Waals surface area contributed by atoms with Gasteiger partial charge in [0.2, 0.25) is 0 Å². The van der Waals surface area contributed by atoms with E-state index in [1.54, 1.807) is 13.1 Å². The van der Waals surface area contributed by atoms with Gasteiger partial charge >= 0.3 is 0 Å². The smallest absolute Gasteiger partial charge is 0.270 e. The van der Waals surface area contributed by atoms with Crippen molar-refractivity contribution >= 4 is 17.5 Å². The average molecular weight is 946 g/mol. The number of hydrogen-bond acceptors (Lipinski definition) is 10. The van der Waals surface area contributed by atoms with Gasteiger partial charge in [-0.05, 0) is 198 Å². The monoisotopic (exact) mass is 946 g/mol. The number of ketones is 2. The van der Waals surface area contributed by atoms with Gasteiger partial charge in [0.25, 0.3) is 5.91 Å². The number of aliphatic hydroxyl groups is 2. The maximum Gasteiger partial charge on any atom is 0.270 e. The summed E-state index contributed by atoms with van der Waals surface area (Å²) >= 11 is 0. The molecule has 1 amide bonds. The number of carbonyl (C=O) groups is 3. The van der Waals surface area contributed by atoms with Crippen molar-refractivity contribution in [3.63, 3.8) is 0 Å². The van der Waals surface area contributed by atoms with Crippen LogP contribution in [0.25, 0.3) is 0 Å². The molecule has 2 aromatic heterocycles. The second kappa shape index (κ2) is 20.3. The van der Waals surface area contributed by atoms with Gasteiger partial charge in [-0.1, -0.05) is 69.0 Å². The maximum absolute atomic E-state index is 13.3. The van der Waals surface area contributed by atoms with Gasteiger partial charge in [0.1, 0.15) is 19.2 Å². The zero-order valence-electron chi connectivity index (χ0n) is 41.6. The van der Waals surface area contributed by atoms with E-state index >= 15 is 0 Å². The first-order valence-electron chi connectivity index (χ1n) is 26.1. The summed E-state index contributed by atoms with van der Waals surface area (Å²) in [6.45, 7) is 16.4. The molecule has 8 saturated carbocycles. The third-order valence-corrected chi connectivity index (χ3v) is 20.7. The molecular weight excluding hydrogens is 853 g/mol. The number of aromatic nitrogens is 6. The van der Waals surface area contributed by atoms with Crippen molar-refractivity contribution in [2.75, 3.05) is 0 Å². The van der Waals surface area contributed by atoms with Crippen molar-refractivity contribution in [2.24, 2.45) is 86.6 Å². The number of nitrogens with zero attached hydrogens (tertiary/aromatic N) is 7. The van der Waals surface area contributed by atoms with Crippen molar-refractivity contribution in [3.8, 4) is 6.07 Å². The molecule has 8 aliphatic rings. The van der Waals surface area contributed by atoms with Crippen LogP contribution in [0.2, 0.25) is 0 Å². The number of fused-ring (bicyclic) bond motifs is 10. The van der Waals surface area contributed by atoms with E-state index in [0.29, 0.717) is 47.3 Å².